The third-order valence-electron chi connectivity index (χ3n) is 3.07. The van der Waals surface area contributed by atoms with Crippen molar-refractivity contribution in [2.24, 2.45) is 0 Å². The summed E-state index contributed by atoms with van der Waals surface area (Å²) in [5.74, 6) is -0.0427. The van der Waals surface area contributed by atoms with E-state index in [1.165, 1.54) is 4.88 Å². The maximum atomic E-state index is 12.3. The fourth-order valence-corrected chi connectivity index (χ4v) is 3.31. The fourth-order valence-electron chi connectivity index (χ4n) is 1.85. The zero-order valence-electron chi connectivity index (χ0n) is 11.7. The van der Waals surface area contributed by atoms with Gasteiger partial charge in [-0.1, -0.05) is 19.1 Å². The third kappa shape index (κ3) is 3.38. The van der Waals surface area contributed by atoms with Gasteiger partial charge >= 0.3 is 0 Å². The van der Waals surface area contributed by atoms with Crippen LogP contribution in [0.4, 0.5) is 0 Å². The predicted molar refractivity (Wildman–Crippen MR) is 91.3 cm³/mol. The molecular weight excluding hydrogens is 383 g/mol. The Hall–Kier alpha value is -0.950. The Labute approximate surface area is 137 Å². The molecule has 20 heavy (non-hydrogen) atoms. The minimum atomic E-state index is -0.0656. The van der Waals surface area contributed by atoms with E-state index >= 15 is 0 Å². The number of nitrogens with one attached hydrogen (secondary N) is 1. The molecule has 1 atom stereocenters. The van der Waals surface area contributed by atoms with Crippen LogP contribution in [0.25, 0.3) is 0 Å². The van der Waals surface area contributed by atoms with Gasteiger partial charge in [-0.05, 0) is 54.5 Å². The van der Waals surface area contributed by atoms with Crippen molar-refractivity contribution in [3.63, 3.8) is 0 Å². The first kappa shape index (κ1) is 15.4. The Morgan fingerprint density at radius 1 is 1.50 bits per heavy atom. The van der Waals surface area contributed by atoms with Crippen molar-refractivity contribution in [3.8, 4) is 0 Å². The normalized spacial score (nSPS) is 12.2. The van der Waals surface area contributed by atoms with E-state index in [1.54, 1.807) is 11.3 Å². The quantitative estimate of drug-likeness (QED) is 0.785. The second-order valence-electron chi connectivity index (χ2n) is 4.65. The molecule has 0 spiro atoms. The number of hydrogen-bond acceptors (Lipinski definition) is 3. The number of thiazole rings is 1. The van der Waals surface area contributed by atoms with Crippen LogP contribution in [0.5, 0.6) is 0 Å². The molecule has 2 rings (SSSR count). The molecule has 0 aliphatic rings. The molecule has 3 nitrogen and oxygen atoms in total. The van der Waals surface area contributed by atoms with Gasteiger partial charge in [-0.15, -0.1) is 11.3 Å². The van der Waals surface area contributed by atoms with E-state index in [9.17, 15) is 4.79 Å². The highest BCUT2D eigenvalue weighted by Crippen LogP contribution is 2.22. The van der Waals surface area contributed by atoms with Crippen LogP contribution in [0, 0.1) is 10.5 Å². The molecule has 1 aromatic carbocycles. The molecule has 0 aliphatic heterocycles. The number of aryl methyl sites for hydroxylation is 2. The SMILES string of the molecule is CCc1cnc(C(C)NC(=O)c2cccc(C)c2I)s1. The molecule has 5 heteroatoms. The van der Waals surface area contributed by atoms with Gasteiger partial charge in [0, 0.05) is 14.6 Å². The van der Waals surface area contributed by atoms with Crippen molar-refractivity contribution in [1.82, 2.24) is 10.3 Å². The first-order valence-corrected chi connectivity index (χ1v) is 8.43. The number of rotatable bonds is 4. The van der Waals surface area contributed by atoms with Crippen LogP contribution < -0.4 is 5.32 Å². The third-order valence-corrected chi connectivity index (χ3v) is 5.83. The molecule has 0 saturated carbocycles. The summed E-state index contributed by atoms with van der Waals surface area (Å²) >= 11 is 3.88. The van der Waals surface area contributed by atoms with Gasteiger partial charge in [-0.3, -0.25) is 4.79 Å². The van der Waals surface area contributed by atoms with Crippen LogP contribution in [-0.2, 0) is 6.42 Å². The number of carbonyl (C=O) groups is 1. The number of aromatic nitrogens is 1. The molecule has 2 aromatic rings. The van der Waals surface area contributed by atoms with E-state index in [1.807, 2.05) is 38.2 Å². The van der Waals surface area contributed by atoms with Gasteiger partial charge in [0.15, 0.2) is 0 Å². The number of benzene rings is 1. The van der Waals surface area contributed by atoms with Crippen LogP contribution >= 0.6 is 33.9 Å². The van der Waals surface area contributed by atoms with E-state index in [0.29, 0.717) is 0 Å². The topological polar surface area (TPSA) is 42.0 Å². The van der Waals surface area contributed by atoms with Crippen LogP contribution in [0.15, 0.2) is 24.4 Å². The molecule has 0 aliphatic carbocycles. The summed E-state index contributed by atoms with van der Waals surface area (Å²) in [6.07, 6.45) is 2.87. The first-order valence-electron chi connectivity index (χ1n) is 6.53. The Bertz CT molecular complexity index is 624. The van der Waals surface area contributed by atoms with Crippen molar-refractivity contribution >= 4 is 39.8 Å². The van der Waals surface area contributed by atoms with E-state index in [2.05, 4.69) is 39.8 Å². The number of hydrogen-bond donors (Lipinski definition) is 1. The zero-order valence-corrected chi connectivity index (χ0v) is 14.7. The summed E-state index contributed by atoms with van der Waals surface area (Å²) in [6, 6.07) is 5.71. The average Bonchev–Trinajstić information content (AvgIpc) is 2.90. The Morgan fingerprint density at radius 2 is 2.25 bits per heavy atom. The lowest BCUT2D eigenvalue weighted by Crippen LogP contribution is -2.27. The minimum absolute atomic E-state index is 0.0427. The molecule has 0 fully saturated rings. The summed E-state index contributed by atoms with van der Waals surface area (Å²) in [5, 5.41) is 3.98. The van der Waals surface area contributed by atoms with Crippen molar-refractivity contribution in [1.29, 1.82) is 0 Å². The lowest BCUT2D eigenvalue weighted by Gasteiger charge is -2.13. The van der Waals surface area contributed by atoms with Crippen LogP contribution in [0.1, 0.15) is 45.7 Å². The Morgan fingerprint density at radius 3 is 2.90 bits per heavy atom. The molecule has 0 radical (unpaired) electrons. The smallest absolute Gasteiger partial charge is 0.252 e. The number of carbonyl (C=O) groups excluding carboxylic acids is 1. The van der Waals surface area contributed by atoms with Crippen molar-refractivity contribution in [2.75, 3.05) is 0 Å². The number of nitrogens with zero attached hydrogens (tertiary/aromatic N) is 1. The molecule has 0 bridgehead atoms. The van der Waals surface area contributed by atoms with Crippen LogP contribution in [0.3, 0.4) is 0 Å². The van der Waals surface area contributed by atoms with Gasteiger partial charge in [0.05, 0.1) is 11.6 Å². The lowest BCUT2D eigenvalue weighted by atomic mass is 10.1. The van der Waals surface area contributed by atoms with Gasteiger partial charge < -0.3 is 5.32 Å². The maximum Gasteiger partial charge on any atom is 0.252 e. The molecule has 106 valence electrons. The van der Waals surface area contributed by atoms with E-state index in [0.717, 1.165) is 26.1 Å². The fraction of sp³-hybridized carbons (Fsp3) is 0.333. The molecule has 1 amide bonds. The van der Waals surface area contributed by atoms with Gasteiger partial charge in [0.2, 0.25) is 0 Å². The molecule has 1 heterocycles. The maximum absolute atomic E-state index is 12.3. The summed E-state index contributed by atoms with van der Waals surface area (Å²) in [7, 11) is 0. The molecule has 1 N–H and O–H groups in total. The average molecular weight is 400 g/mol. The first-order chi connectivity index (χ1) is 9.52. The highest BCUT2D eigenvalue weighted by atomic mass is 127. The van der Waals surface area contributed by atoms with Crippen molar-refractivity contribution < 1.29 is 4.79 Å². The van der Waals surface area contributed by atoms with E-state index in [4.69, 9.17) is 0 Å². The van der Waals surface area contributed by atoms with Gasteiger partial charge in [0.25, 0.3) is 5.91 Å². The van der Waals surface area contributed by atoms with Crippen LogP contribution in [-0.4, -0.2) is 10.9 Å². The second kappa shape index (κ2) is 6.67. The van der Waals surface area contributed by atoms with Gasteiger partial charge in [-0.25, -0.2) is 4.98 Å². The monoisotopic (exact) mass is 400 g/mol. The summed E-state index contributed by atoms with van der Waals surface area (Å²) < 4.78 is 1.00. The van der Waals surface area contributed by atoms with E-state index in [-0.39, 0.29) is 11.9 Å². The molecule has 1 unspecified atom stereocenters. The number of halogens is 1. The molecular formula is C15H17IN2OS. The van der Waals surface area contributed by atoms with Crippen molar-refractivity contribution in [2.45, 2.75) is 33.2 Å². The Balaban J connectivity index is 2.13. The zero-order chi connectivity index (χ0) is 14.7. The largest absolute Gasteiger partial charge is 0.343 e. The highest BCUT2D eigenvalue weighted by molar-refractivity contribution is 14.1. The van der Waals surface area contributed by atoms with Crippen molar-refractivity contribution in [3.05, 3.63) is 49.0 Å². The summed E-state index contributed by atoms with van der Waals surface area (Å²) in [4.78, 5) is 18.0. The molecule has 0 saturated heterocycles. The Kier molecular flexibility index (Phi) is 5.15. The predicted octanol–water partition coefficient (Wildman–Crippen LogP) is 4.11. The standard InChI is InChI=1S/C15H17IN2OS/c1-4-11-8-17-15(20-11)10(3)18-14(19)12-7-5-6-9(2)13(12)16/h5-8,10H,4H2,1-3H3,(H,18,19). The lowest BCUT2D eigenvalue weighted by molar-refractivity contribution is 0.0939. The number of amides is 1. The minimum Gasteiger partial charge on any atom is -0.343 e. The van der Waals surface area contributed by atoms with Gasteiger partial charge in [-0.2, -0.15) is 0 Å². The van der Waals surface area contributed by atoms with Gasteiger partial charge in [0.1, 0.15) is 5.01 Å². The van der Waals surface area contributed by atoms with Crippen LogP contribution in [0.2, 0.25) is 0 Å². The summed E-state index contributed by atoms with van der Waals surface area (Å²) in [5.41, 5.74) is 1.85. The van der Waals surface area contributed by atoms with E-state index < -0.39 is 0 Å². The second-order valence-corrected chi connectivity index (χ2v) is 6.88. The highest BCUT2D eigenvalue weighted by Gasteiger charge is 2.16. The molecule has 1 aromatic heterocycles. The summed E-state index contributed by atoms with van der Waals surface area (Å²) in [6.45, 7) is 6.09.